The number of carboxylic acids is 2. The molecule has 0 aromatic heterocycles. The molecule has 0 fully saturated rings. The highest BCUT2D eigenvalue weighted by Crippen LogP contribution is 2.17. The molecule has 110 valence electrons. The first-order valence-electron chi connectivity index (χ1n) is 5.33. The predicted octanol–water partition coefficient (Wildman–Crippen LogP) is -1.47. The zero-order valence-corrected chi connectivity index (χ0v) is 10.4. The summed E-state index contributed by atoms with van der Waals surface area (Å²) in [6.07, 6.45) is -2.96. The standard InChI is InChI=1S/C10H17NO8/c1-18-3-2-6(11)19-8(14)5-10(17,9(15)16)4-7(12)13/h6,17H,2-5,11H2,1H3,(H,12,13)(H,15,16). The van der Waals surface area contributed by atoms with Gasteiger partial charge in [0, 0.05) is 13.5 Å². The van der Waals surface area contributed by atoms with Crippen LogP contribution in [0.4, 0.5) is 0 Å². The second kappa shape index (κ2) is 7.67. The Kier molecular flexibility index (Phi) is 6.98. The van der Waals surface area contributed by atoms with E-state index < -0.39 is 42.6 Å². The summed E-state index contributed by atoms with van der Waals surface area (Å²) in [5.74, 6) is -4.48. The number of hydrogen-bond donors (Lipinski definition) is 4. The van der Waals surface area contributed by atoms with Crippen molar-refractivity contribution in [1.82, 2.24) is 0 Å². The highest BCUT2D eigenvalue weighted by molar-refractivity contribution is 5.88. The molecule has 0 rings (SSSR count). The van der Waals surface area contributed by atoms with Gasteiger partial charge in [-0.2, -0.15) is 0 Å². The van der Waals surface area contributed by atoms with Crippen LogP contribution in [0.1, 0.15) is 19.3 Å². The van der Waals surface area contributed by atoms with Gasteiger partial charge in [-0.1, -0.05) is 0 Å². The maximum absolute atomic E-state index is 11.4. The third-order valence-electron chi connectivity index (χ3n) is 2.17. The van der Waals surface area contributed by atoms with Crippen LogP contribution < -0.4 is 5.73 Å². The molecule has 0 aromatic carbocycles. The van der Waals surface area contributed by atoms with E-state index in [1.165, 1.54) is 7.11 Å². The first-order valence-corrected chi connectivity index (χ1v) is 5.33. The van der Waals surface area contributed by atoms with Crippen LogP contribution in [0.2, 0.25) is 0 Å². The lowest BCUT2D eigenvalue weighted by Gasteiger charge is -2.21. The molecule has 9 nitrogen and oxygen atoms in total. The molecule has 0 aliphatic rings. The molecule has 0 aromatic rings. The molecular formula is C10H17NO8. The Morgan fingerprint density at radius 2 is 1.84 bits per heavy atom. The lowest BCUT2D eigenvalue weighted by Crippen LogP contribution is -2.44. The van der Waals surface area contributed by atoms with E-state index in [0.717, 1.165) is 0 Å². The van der Waals surface area contributed by atoms with Crippen molar-refractivity contribution in [3.05, 3.63) is 0 Å². The summed E-state index contributed by atoms with van der Waals surface area (Å²) in [5.41, 5.74) is 2.67. The average molecular weight is 279 g/mol. The van der Waals surface area contributed by atoms with Crippen molar-refractivity contribution in [2.75, 3.05) is 13.7 Å². The minimum Gasteiger partial charge on any atom is -0.481 e. The SMILES string of the molecule is COCCC(N)OC(=O)CC(O)(CC(=O)O)C(=O)O. The van der Waals surface area contributed by atoms with Crippen LogP contribution in [0.15, 0.2) is 0 Å². The molecule has 0 amide bonds. The largest absolute Gasteiger partial charge is 0.481 e. The maximum atomic E-state index is 11.4. The van der Waals surface area contributed by atoms with E-state index in [2.05, 4.69) is 4.74 Å². The molecule has 2 atom stereocenters. The average Bonchev–Trinajstić information content (AvgIpc) is 2.24. The van der Waals surface area contributed by atoms with Gasteiger partial charge >= 0.3 is 17.9 Å². The van der Waals surface area contributed by atoms with Crippen molar-refractivity contribution in [2.24, 2.45) is 5.73 Å². The van der Waals surface area contributed by atoms with Crippen LogP contribution in [-0.4, -0.2) is 58.8 Å². The summed E-state index contributed by atoms with van der Waals surface area (Å²) in [7, 11) is 1.42. The van der Waals surface area contributed by atoms with Crippen molar-refractivity contribution in [1.29, 1.82) is 0 Å². The quantitative estimate of drug-likeness (QED) is 0.292. The number of methoxy groups -OCH3 is 1. The Balaban J connectivity index is 4.48. The van der Waals surface area contributed by atoms with Gasteiger partial charge in [-0.25, -0.2) is 4.79 Å². The number of aliphatic carboxylic acids is 2. The van der Waals surface area contributed by atoms with E-state index in [0.29, 0.717) is 0 Å². The molecule has 0 heterocycles. The molecule has 2 unspecified atom stereocenters. The molecule has 0 saturated carbocycles. The van der Waals surface area contributed by atoms with E-state index in [-0.39, 0.29) is 13.0 Å². The van der Waals surface area contributed by atoms with Crippen molar-refractivity contribution >= 4 is 17.9 Å². The van der Waals surface area contributed by atoms with Gasteiger partial charge in [0.25, 0.3) is 0 Å². The molecule has 19 heavy (non-hydrogen) atoms. The second-order valence-corrected chi connectivity index (χ2v) is 3.89. The van der Waals surface area contributed by atoms with E-state index in [4.69, 9.17) is 20.7 Å². The zero-order chi connectivity index (χ0) is 15.1. The summed E-state index contributed by atoms with van der Waals surface area (Å²) in [5, 5.41) is 26.8. The maximum Gasteiger partial charge on any atom is 0.336 e. The molecule has 0 radical (unpaired) electrons. The molecule has 0 bridgehead atoms. The van der Waals surface area contributed by atoms with E-state index in [1.807, 2.05) is 0 Å². The number of aliphatic hydroxyl groups is 1. The summed E-state index contributed by atoms with van der Waals surface area (Å²) < 4.78 is 9.32. The summed E-state index contributed by atoms with van der Waals surface area (Å²) >= 11 is 0. The number of nitrogens with two attached hydrogens (primary N) is 1. The van der Waals surface area contributed by atoms with E-state index >= 15 is 0 Å². The molecule has 9 heteroatoms. The van der Waals surface area contributed by atoms with Crippen LogP contribution in [0.5, 0.6) is 0 Å². The van der Waals surface area contributed by atoms with Crippen LogP contribution in [0, 0.1) is 0 Å². The van der Waals surface area contributed by atoms with Crippen molar-refractivity contribution in [3.8, 4) is 0 Å². The van der Waals surface area contributed by atoms with Crippen molar-refractivity contribution < 1.29 is 39.2 Å². The minimum atomic E-state index is -2.72. The minimum absolute atomic E-state index is 0.187. The lowest BCUT2D eigenvalue weighted by molar-refractivity contribution is -0.173. The number of esters is 1. The zero-order valence-electron chi connectivity index (χ0n) is 10.4. The molecule has 0 aliphatic carbocycles. The van der Waals surface area contributed by atoms with Crippen molar-refractivity contribution in [2.45, 2.75) is 31.1 Å². The topological polar surface area (TPSA) is 156 Å². The van der Waals surface area contributed by atoms with Gasteiger partial charge in [0.2, 0.25) is 0 Å². The first kappa shape index (κ1) is 17.3. The monoisotopic (exact) mass is 279 g/mol. The highest BCUT2D eigenvalue weighted by atomic mass is 16.6. The Morgan fingerprint density at radius 1 is 1.26 bits per heavy atom. The Bertz CT molecular complexity index is 344. The Hall–Kier alpha value is -1.71. The van der Waals surface area contributed by atoms with Gasteiger partial charge < -0.3 is 24.8 Å². The highest BCUT2D eigenvalue weighted by Gasteiger charge is 2.41. The predicted molar refractivity (Wildman–Crippen MR) is 60.0 cm³/mol. The Morgan fingerprint density at radius 3 is 2.26 bits per heavy atom. The van der Waals surface area contributed by atoms with E-state index in [1.54, 1.807) is 0 Å². The Labute approximate surface area is 108 Å². The molecule has 0 saturated heterocycles. The molecular weight excluding hydrogens is 262 g/mol. The summed E-state index contributed by atoms with van der Waals surface area (Å²) in [6.45, 7) is 0.229. The fraction of sp³-hybridized carbons (Fsp3) is 0.700. The number of carbonyl (C=O) groups is 3. The lowest BCUT2D eigenvalue weighted by atomic mass is 9.96. The number of ether oxygens (including phenoxy) is 2. The molecule has 0 aliphatic heterocycles. The summed E-state index contributed by atoms with van der Waals surface area (Å²) in [6, 6.07) is 0. The number of carbonyl (C=O) groups excluding carboxylic acids is 1. The van der Waals surface area contributed by atoms with Crippen molar-refractivity contribution in [3.63, 3.8) is 0 Å². The van der Waals surface area contributed by atoms with Crippen LogP contribution in [-0.2, 0) is 23.9 Å². The second-order valence-electron chi connectivity index (χ2n) is 3.89. The van der Waals surface area contributed by atoms with Gasteiger partial charge in [-0.15, -0.1) is 0 Å². The van der Waals surface area contributed by atoms with Crippen LogP contribution >= 0.6 is 0 Å². The molecule has 0 spiro atoms. The molecule has 5 N–H and O–H groups in total. The van der Waals surface area contributed by atoms with Gasteiger partial charge in [0.05, 0.1) is 19.4 Å². The summed E-state index contributed by atoms with van der Waals surface area (Å²) in [4.78, 5) is 32.6. The van der Waals surface area contributed by atoms with Gasteiger partial charge in [-0.3, -0.25) is 15.3 Å². The number of carboxylic acid groups (broad SMARTS) is 2. The van der Waals surface area contributed by atoms with Crippen LogP contribution in [0.3, 0.4) is 0 Å². The smallest absolute Gasteiger partial charge is 0.336 e. The third kappa shape index (κ3) is 6.70. The van der Waals surface area contributed by atoms with Crippen LogP contribution in [0.25, 0.3) is 0 Å². The first-order chi connectivity index (χ1) is 8.71. The third-order valence-corrected chi connectivity index (χ3v) is 2.17. The number of rotatable bonds is 9. The normalized spacial score (nSPS) is 15.3. The number of hydrogen-bond acceptors (Lipinski definition) is 7. The van der Waals surface area contributed by atoms with Gasteiger partial charge in [0.15, 0.2) is 11.8 Å². The van der Waals surface area contributed by atoms with Gasteiger partial charge in [-0.05, 0) is 0 Å². The van der Waals surface area contributed by atoms with Gasteiger partial charge in [0.1, 0.15) is 0 Å². The fourth-order valence-electron chi connectivity index (χ4n) is 1.21. The van der Waals surface area contributed by atoms with E-state index in [9.17, 15) is 19.5 Å². The fourth-order valence-corrected chi connectivity index (χ4v) is 1.21.